The third kappa shape index (κ3) is 2.46. The molecule has 0 aromatic heterocycles. The summed E-state index contributed by atoms with van der Waals surface area (Å²) in [6.45, 7) is 5.94. The maximum absolute atomic E-state index is 3.75. The monoisotopic (exact) mass is 181 g/mol. The standard InChI is InChI=1S/C12H23N/c1-3-8-13-12(11-6-7-11)9(2)10-4-5-10/h9-13H,3-8H2,1-2H3. The van der Waals surface area contributed by atoms with Crippen molar-refractivity contribution in [2.45, 2.75) is 52.0 Å². The molecule has 0 spiro atoms. The van der Waals surface area contributed by atoms with Crippen LogP contribution in [0.1, 0.15) is 46.0 Å². The van der Waals surface area contributed by atoms with E-state index >= 15 is 0 Å². The van der Waals surface area contributed by atoms with E-state index in [1.807, 2.05) is 0 Å². The van der Waals surface area contributed by atoms with Crippen LogP contribution in [0.4, 0.5) is 0 Å². The van der Waals surface area contributed by atoms with Gasteiger partial charge in [0.25, 0.3) is 0 Å². The predicted molar refractivity (Wildman–Crippen MR) is 56.7 cm³/mol. The number of rotatable bonds is 6. The normalized spacial score (nSPS) is 27.2. The fraction of sp³-hybridized carbons (Fsp3) is 1.00. The lowest BCUT2D eigenvalue weighted by molar-refractivity contribution is 0.311. The van der Waals surface area contributed by atoms with Gasteiger partial charge in [-0.05, 0) is 56.4 Å². The van der Waals surface area contributed by atoms with Crippen LogP contribution < -0.4 is 5.32 Å². The average Bonchev–Trinajstić information content (AvgIpc) is 2.98. The van der Waals surface area contributed by atoms with E-state index in [9.17, 15) is 0 Å². The zero-order valence-corrected chi connectivity index (χ0v) is 9.05. The minimum Gasteiger partial charge on any atom is -0.313 e. The van der Waals surface area contributed by atoms with Crippen LogP contribution in [-0.4, -0.2) is 12.6 Å². The van der Waals surface area contributed by atoms with Gasteiger partial charge >= 0.3 is 0 Å². The molecule has 76 valence electrons. The molecule has 0 bridgehead atoms. The first kappa shape index (κ1) is 9.51. The van der Waals surface area contributed by atoms with E-state index < -0.39 is 0 Å². The fourth-order valence-corrected chi connectivity index (χ4v) is 2.46. The molecule has 1 nitrogen and oxygen atoms in total. The Morgan fingerprint density at radius 1 is 1.15 bits per heavy atom. The highest BCUT2D eigenvalue weighted by atomic mass is 14.9. The molecule has 2 atom stereocenters. The van der Waals surface area contributed by atoms with Gasteiger partial charge in [-0.1, -0.05) is 13.8 Å². The largest absolute Gasteiger partial charge is 0.313 e. The number of hydrogen-bond acceptors (Lipinski definition) is 1. The van der Waals surface area contributed by atoms with Crippen LogP contribution in [0.25, 0.3) is 0 Å². The summed E-state index contributed by atoms with van der Waals surface area (Å²) < 4.78 is 0. The Hall–Kier alpha value is -0.0400. The number of nitrogens with one attached hydrogen (secondary N) is 1. The Labute approximate surface area is 82.3 Å². The Bertz CT molecular complexity index is 159. The molecule has 0 aromatic carbocycles. The summed E-state index contributed by atoms with van der Waals surface area (Å²) in [5.41, 5.74) is 0. The molecule has 0 aliphatic heterocycles. The van der Waals surface area contributed by atoms with Gasteiger partial charge in [0, 0.05) is 6.04 Å². The van der Waals surface area contributed by atoms with Crippen molar-refractivity contribution in [2.75, 3.05) is 6.54 Å². The summed E-state index contributed by atoms with van der Waals surface area (Å²) in [6.07, 6.45) is 7.24. The first-order valence-electron chi connectivity index (χ1n) is 6.06. The quantitative estimate of drug-likeness (QED) is 0.664. The van der Waals surface area contributed by atoms with Crippen molar-refractivity contribution in [2.24, 2.45) is 17.8 Å². The first-order valence-corrected chi connectivity index (χ1v) is 6.06. The van der Waals surface area contributed by atoms with Gasteiger partial charge in [-0.3, -0.25) is 0 Å². The highest BCUT2D eigenvalue weighted by Crippen LogP contribution is 2.44. The summed E-state index contributed by atoms with van der Waals surface area (Å²) in [7, 11) is 0. The topological polar surface area (TPSA) is 12.0 Å². The van der Waals surface area contributed by atoms with Gasteiger partial charge in [0.05, 0.1) is 0 Å². The van der Waals surface area contributed by atoms with Gasteiger partial charge in [-0.25, -0.2) is 0 Å². The van der Waals surface area contributed by atoms with E-state index in [0.717, 1.165) is 23.8 Å². The average molecular weight is 181 g/mol. The summed E-state index contributed by atoms with van der Waals surface area (Å²) in [5, 5.41) is 3.75. The van der Waals surface area contributed by atoms with Gasteiger partial charge in [0.15, 0.2) is 0 Å². The Kier molecular flexibility index (Phi) is 2.92. The molecule has 2 unspecified atom stereocenters. The molecule has 0 heterocycles. The molecule has 2 saturated carbocycles. The molecule has 0 amide bonds. The summed E-state index contributed by atoms with van der Waals surface area (Å²) in [4.78, 5) is 0. The molecule has 2 aliphatic carbocycles. The van der Waals surface area contributed by atoms with Crippen molar-refractivity contribution in [1.29, 1.82) is 0 Å². The van der Waals surface area contributed by atoms with Crippen molar-refractivity contribution >= 4 is 0 Å². The molecule has 13 heavy (non-hydrogen) atoms. The summed E-state index contributed by atoms with van der Waals surface area (Å²) in [6, 6.07) is 0.854. The maximum atomic E-state index is 3.75. The number of hydrogen-bond donors (Lipinski definition) is 1. The van der Waals surface area contributed by atoms with E-state index in [1.54, 1.807) is 0 Å². The second-order valence-corrected chi connectivity index (χ2v) is 5.01. The van der Waals surface area contributed by atoms with Crippen LogP contribution in [0.2, 0.25) is 0 Å². The van der Waals surface area contributed by atoms with Gasteiger partial charge in [-0.15, -0.1) is 0 Å². The molecule has 2 aliphatic rings. The van der Waals surface area contributed by atoms with Crippen LogP contribution in [0, 0.1) is 17.8 Å². The SMILES string of the molecule is CCCNC(C1CC1)C(C)C1CC1. The van der Waals surface area contributed by atoms with E-state index in [1.165, 1.54) is 38.6 Å². The lowest BCUT2D eigenvalue weighted by Gasteiger charge is -2.25. The molecule has 0 saturated heterocycles. The van der Waals surface area contributed by atoms with Crippen molar-refractivity contribution < 1.29 is 0 Å². The molecule has 2 fully saturated rings. The van der Waals surface area contributed by atoms with Crippen LogP contribution in [0.3, 0.4) is 0 Å². The van der Waals surface area contributed by atoms with Crippen LogP contribution in [-0.2, 0) is 0 Å². The van der Waals surface area contributed by atoms with Crippen LogP contribution in [0.5, 0.6) is 0 Å². The van der Waals surface area contributed by atoms with E-state index in [0.29, 0.717) is 0 Å². The van der Waals surface area contributed by atoms with Gasteiger partial charge in [0.2, 0.25) is 0 Å². The third-order valence-corrected chi connectivity index (χ3v) is 3.69. The Morgan fingerprint density at radius 3 is 2.23 bits per heavy atom. The van der Waals surface area contributed by atoms with Crippen molar-refractivity contribution in [1.82, 2.24) is 5.32 Å². The lowest BCUT2D eigenvalue weighted by atomic mass is 9.93. The minimum atomic E-state index is 0.854. The Balaban J connectivity index is 1.80. The lowest BCUT2D eigenvalue weighted by Crippen LogP contribution is -2.38. The van der Waals surface area contributed by atoms with E-state index in [2.05, 4.69) is 19.2 Å². The smallest absolute Gasteiger partial charge is 0.0124 e. The Morgan fingerprint density at radius 2 is 1.77 bits per heavy atom. The van der Waals surface area contributed by atoms with Crippen molar-refractivity contribution in [3.05, 3.63) is 0 Å². The first-order chi connectivity index (χ1) is 6.33. The minimum absolute atomic E-state index is 0.854. The van der Waals surface area contributed by atoms with Crippen LogP contribution in [0.15, 0.2) is 0 Å². The second-order valence-electron chi connectivity index (χ2n) is 5.01. The zero-order chi connectivity index (χ0) is 9.26. The fourth-order valence-electron chi connectivity index (χ4n) is 2.46. The van der Waals surface area contributed by atoms with Crippen molar-refractivity contribution in [3.63, 3.8) is 0 Å². The van der Waals surface area contributed by atoms with E-state index in [4.69, 9.17) is 0 Å². The molecule has 1 heteroatoms. The van der Waals surface area contributed by atoms with Crippen LogP contribution >= 0.6 is 0 Å². The van der Waals surface area contributed by atoms with Gasteiger partial charge in [-0.2, -0.15) is 0 Å². The highest BCUT2D eigenvalue weighted by Gasteiger charge is 2.40. The summed E-state index contributed by atoms with van der Waals surface area (Å²) >= 11 is 0. The zero-order valence-electron chi connectivity index (χ0n) is 9.05. The molecule has 0 radical (unpaired) electrons. The van der Waals surface area contributed by atoms with Gasteiger partial charge in [0.1, 0.15) is 0 Å². The second kappa shape index (κ2) is 4.00. The highest BCUT2D eigenvalue weighted by molar-refractivity contribution is 4.94. The predicted octanol–water partition coefficient (Wildman–Crippen LogP) is 2.81. The molecule has 0 aromatic rings. The maximum Gasteiger partial charge on any atom is 0.0124 e. The van der Waals surface area contributed by atoms with E-state index in [-0.39, 0.29) is 0 Å². The summed E-state index contributed by atoms with van der Waals surface area (Å²) in [5.74, 6) is 3.04. The van der Waals surface area contributed by atoms with Crippen molar-refractivity contribution in [3.8, 4) is 0 Å². The molecule has 2 rings (SSSR count). The molecular formula is C12H23N. The molecular weight excluding hydrogens is 158 g/mol. The third-order valence-electron chi connectivity index (χ3n) is 3.69. The molecule has 1 N–H and O–H groups in total. The van der Waals surface area contributed by atoms with Gasteiger partial charge < -0.3 is 5.32 Å².